The Bertz CT molecular complexity index is 1620. The third-order valence-corrected chi connectivity index (χ3v) is 9.82. The molecular weight excluding hydrogens is 655 g/mol. The molecule has 244 valence electrons. The molecule has 4 aromatic rings. The quantitative estimate of drug-likeness (QED) is 0.0776. The number of benzene rings is 4. The van der Waals surface area contributed by atoms with Crippen molar-refractivity contribution in [1.82, 2.24) is 0 Å². The molecule has 0 aromatic heterocycles. The lowest BCUT2D eigenvalue weighted by atomic mass is 10.1. The van der Waals surface area contributed by atoms with E-state index in [-0.39, 0.29) is 25.7 Å². The molecule has 0 saturated carbocycles. The Morgan fingerprint density at radius 1 is 0.522 bits per heavy atom. The van der Waals surface area contributed by atoms with Crippen molar-refractivity contribution in [3.8, 4) is 23.0 Å². The van der Waals surface area contributed by atoms with Gasteiger partial charge >= 0.3 is 8.25 Å². The summed E-state index contributed by atoms with van der Waals surface area (Å²) < 4.78 is 101. The van der Waals surface area contributed by atoms with Gasteiger partial charge in [0.2, 0.25) is 10.9 Å². The van der Waals surface area contributed by atoms with Gasteiger partial charge in [-0.15, -0.1) is 0 Å². The van der Waals surface area contributed by atoms with Crippen LogP contribution >= 0.6 is 8.25 Å². The normalized spacial score (nSPS) is 13.5. The molecule has 0 amide bonds. The number of rotatable bonds is 18. The summed E-state index contributed by atoms with van der Waals surface area (Å²) in [6.07, 6.45) is 0.697. The van der Waals surface area contributed by atoms with Crippen LogP contribution in [0.3, 0.4) is 0 Å². The zero-order valence-corrected chi connectivity index (χ0v) is 27.1. The summed E-state index contributed by atoms with van der Waals surface area (Å²) in [5.41, 5.74) is -2.18. The standard InChI is InChI=1S/C32H33O11PS2/c33-44(42-31(45(34,35)36)15-7-9-25-17-21-29(22-18-25)40-27-11-3-1-4-12-27)43-32(46(37,38)39)16-8-10-26-19-23-30(24-20-26)41-28-13-5-2-6-14-28/h1-6,11-14,17-24,31-32H,7-10,15-16H2,(H-,34,35,36,37,38,39)/p+1. The lowest BCUT2D eigenvalue weighted by Gasteiger charge is -2.11. The summed E-state index contributed by atoms with van der Waals surface area (Å²) >= 11 is 0. The highest BCUT2D eigenvalue weighted by atomic mass is 32.2. The first kappa shape index (κ1) is 35.2. The molecular formula is C32H34O11PS2+. The SMILES string of the molecule is O=[P+](OC(CCCc1ccc(Oc2ccccc2)cc1)S(=O)(=O)O)OC(CCCc1ccc(Oc2ccccc2)cc1)S(=O)(=O)O. The van der Waals surface area contributed by atoms with Crippen LogP contribution in [0, 0.1) is 0 Å². The number of hydrogen-bond acceptors (Lipinski definition) is 9. The number of para-hydroxylation sites is 2. The van der Waals surface area contributed by atoms with Crippen molar-refractivity contribution in [2.45, 2.75) is 49.4 Å². The van der Waals surface area contributed by atoms with E-state index >= 15 is 0 Å². The number of aryl methyl sites for hydroxylation is 2. The Morgan fingerprint density at radius 3 is 1.17 bits per heavy atom. The van der Waals surface area contributed by atoms with Gasteiger partial charge in [-0.2, -0.15) is 16.8 Å². The maximum Gasteiger partial charge on any atom is 0.700 e. The van der Waals surface area contributed by atoms with E-state index in [1.165, 1.54) is 0 Å². The molecule has 0 aliphatic heterocycles. The molecule has 2 atom stereocenters. The maximum absolute atomic E-state index is 12.5. The van der Waals surface area contributed by atoms with Gasteiger partial charge in [0.25, 0.3) is 20.2 Å². The van der Waals surface area contributed by atoms with Gasteiger partial charge in [0.15, 0.2) is 0 Å². The van der Waals surface area contributed by atoms with Gasteiger partial charge in [-0.3, -0.25) is 9.11 Å². The summed E-state index contributed by atoms with van der Waals surface area (Å²) in [4.78, 5) is 0. The average molecular weight is 690 g/mol. The summed E-state index contributed by atoms with van der Waals surface area (Å²) in [5, 5.41) is 0. The van der Waals surface area contributed by atoms with Gasteiger partial charge in [-0.25, -0.2) is 0 Å². The highest BCUT2D eigenvalue weighted by molar-refractivity contribution is 7.86. The number of hydrogen-bond donors (Lipinski definition) is 2. The van der Waals surface area contributed by atoms with E-state index in [0.717, 1.165) is 11.1 Å². The van der Waals surface area contributed by atoms with Gasteiger partial charge in [0.05, 0.1) is 0 Å². The molecule has 0 saturated heterocycles. The van der Waals surface area contributed by atoms with Crippen molar-refractivity contribution in [1.29, 1.82) is 0 Å². The van der Waals surface area contributed by atoms with E-state index in [0.29, 0.717) is 35.8 Å². The first-order valence-corrected chi connectivity index (χ1v) is 18.4. The Balaban J connectivity index is 1.24. The fourth-order valence-electron chi connectivity index (χ4n) is 4.37. The molecule has 0 radical (unpaired) electrons. The van der Waals surface area contributed by atoms with E-state index in [4.69, 9.17) is 18.5 Å². The molecule has 2 unspecified atom stereocenters. The van der Waals surface area contributed by atoms with Gasteiger partial charge in [-0.05, 0) is 98.2 Å². The molecule has 0 heterocycles. The maximum atomic E-state index is 12.5. The minimum Gasteiger partial charge on any atom is -0.457 e. The van der Waals surface area contributed by atoms with E-state index in [1.807, 2.05) is 60.7 Å². The lowest BCUT2D eigenvalue weighted by molar-refractivity contribution is 0.170. The van der Waals surface area contributed by atoms with E-state index in [2.05, 4.69) is 0 Å². The minimum absolute atomic E-state index is 0.212. The fraction of sp³-hybridized carbons (Fsp3) is 0.250. The van der Waals surface area contributed by atoms with Crippen LogP contribution in [0.2, 0.25) is 0 Å². The first-order valence-electron chi connectivity index (χ1n) is 14.3. The van der Waals surface area contributed by atoms with E-state index < -0.39 is 39.4 Å². The molecule has 0 fully saturated rings. The first-order chi connectivity index (χ1) is 22.0. The van der Waals surface area contributed by atoms with Crippen molar-refractivity contribution < 1.29 is 49.0 Å². The predicted molar refractivity (Wildman–Crippen MR) is 172 cm³/mol. The Morgan fingerprint density at radius 2 is 0.848 bits per heavy atom. The largest absolute Gasteiger partial charge is 0.700 e. The Kier molecular flexibility index (Phi) is 12.8. The zero-order chi connectivity index (χ0) is 33.0. The monoisotopic (exact) mass is 689 g/mol. The fourth-order valence-corrected chi connectivity index (χ4v) is 7.24. The van der Waals surface area contributed by atoms with Crippen LogP contribution in [0.4, 0.5) is 0 Å². The zero-order valence-electron chi connectivity index (χ0n) is 24.6. The molecule has 46 heavy (non-hydrogen) atoms. The molecule has 4 aromatic carbocycles. The topological polar surface area (TPSA) is 163 Å². The third kappa shape index (κ3) is 11.9. The molecule has 0 aliphatic rings. The van der Waals surface area contributed by atoms with E-state index in [1.54, 1.807) is 48.5 Å². The van der Waals surface area contributed by atoms with Crippen molar-refractivity contribution in [2.24, 2.45) is 0 Å². The van der Waals surface area contributed by atoms with Crippen LogP contribution in [-0.2, 0) is 46.7 Å². The third-order valence-electron chi connectivity index (χ3n) is 6.69. The summed E-state index contributed by atoms with van der Waals surface area (Å²) in [5.74, 6) is 2.58. The van der Waals surface area contributed by atoms with Crippen molar-refractivity contribution in [3.05, 3.63) is 120 Å². The number of ether oxygens (including phenoxy) is 2. The van der Waals surface area contributed by atoms with Crippen LogP contribution in [-0.4, -0.2) is 36.8 Å². The summed E-state index contributed by atoms with van der Waals surface area (Å²) in [7, 11) is -13.0. The van der Waals surface area contributed by atoms with Gasteiger partial charge in [-0.1, -0.05) is 69.7 Å². The van der Waals surface area contributed by atoms with E-state index in [9.17, 15) is 30.5 Å². The van der Waals surface area contributed by atoms with Crippen LogP contribution < -0.4 is 9.47 Å². The van der Waals surface area contributed by atoms with Crippen molar-refractivity contribution in [2.75, 3.05) is 0 Å². The Hall–Kier alpha value is -3.68. The second-order valence-corrected chi connectivity index (χ2v) is 14.2. The summed E-state index contributed by atoms with van der Waals surface area (Å²) in [6.45, 7) is 0. The predicted octanol–water partition coefficient (Wildman–Crippen LogP) is 7.74. The molecule has 4 rings (SSSR count). The molecule has 14 heteroatoms. The van der Waals surface area contributed by atoms with Gasteiger partial charge < -0.3 is 9.47 Å². The van der Waals surface area contributed by atoms with Crippen molar-refractivity contribution >= 4 is 28.5 Å². The lowest BCUT2D eigenvalue weighted by Crippen LogP contribution is -2.25. The molecule has 11 nitrogen and oxygen atoms in total. The van der Waals surface area contributed by atoms with Crippen LogP contribution in [0.5, 0.6) is 23.0 Å². The highest BCUT2D eigenvalue weighted by Gasteiger charge is 2.41. The average Bonchev–Trinajstić information content (AvgIpc) is 3.02. The summed E-state index contributed by atoms with van der Waals surface area (Å²) in [6, 6.07) is 32.7. The van der Waals surface area contributed by atoms with Gasteiger partial charge in [0, 0.05) is 4.57 Å². The second-order valence-electron chi connectivity index (χ2n) is 10.2. The van der Waals surface area contributed by atoms with Crippen LogP contribution in [0.1, 0.15) is 36.8 Å². The highest BCUT2D eigenvalue weighted by Crippen LogP contribution is 2.34. The minimum atomic E-state index is -4.83. The van der Waals surface area contributed by atoms with Gasteiger partial charge in [0.1, 0.15) is 23.0 Å². The molecule has 0 bridgehead atoms. The second kappa shape index (κ2) is 16.8. The molecule has 0 aliphatic carbocycles. The smallest absolute Gasteiger partial charge is 0.457 e. The van der Waals surface area contributed by atoms with Crippen LogP contribution in [0.25, 0.3) is 0 Å². The Labute approximate surface area is 269 Å². The van der Waals surface area contributed by atoms with Crippen molar-refractivity contribution in [3.63, 3.8) is 0 Å². The molecule has 0 spiro atoms. The van der Waals surface area contributed by atoms with Crippen LogP contribution in [0.15, 0.2) is 109 Å². The molecule has 2 N–H and O–H groups in total.